The van der Waals surface area contributed by atoms with Crippen molar-refractivity contribution < 1.29 is 9.59 Å². The Morgan fingerprint density at radius 2 is 1.96 bits per heavy atom. The number of aryl methyl sites for hydroxylation is 1. The fraction of sp³-hybridized carbons (Fsp3) is 0.312. The Kier molecular flexibility index (Phi) is 6.61. The SMILES string of the molecule is CCNC(=O)CNC(=O)c1ccc(CSc2nc(C)cs2)cc1. The van der Waals surface area contributed by atoms with Crippen molar-refractivity contribution in [3.05, 3.63) is 46.5 Å². The summed E-state index contributed by atoms with van der Waals surface area (Å²) in [7, 11) is 0. The van der Waals surface area contributed by atoms with Gasteiger partial charge >= 0.3 is 0 Å². The number of thioether (sulfide) groups is 1. The number of nitrogens with zero attached hydrogens (tertiary/aromatic N) is 1. The summed E-state index contributed by atoms with van der Waals surface area (Å²) in [5, 5.41) is 7.27. The van der Waals surface area contributed by atoms with E-state index in [4.69, 9.17) is 0 Å². The third kappa shape index (κ3) is 5.69. The van der Waals surface area contributed by atoms with Gasteiger partial charge < -0.3 is 10.6 Å². The van der Waals surface area contributed by atoms with E-state index in [1.807, 2.05) is 31.4 Å². The van der Waals surface area contributed by atoms with Crippen LogP contribution in [0.15, 0.2) is 34.0 Å². The zero-order chi connectivity index (χ0) is 16.7. The van der Waals surface area contributed by atoms with Crippen molar-refractivity contribution in [2.75, 3.05) is 13.1 Å². The number of benzene rings is 1. The highest BCUT2D eigenvalue weighted by molar-refractivity contribution is 8.00. The lowest BCUT2D eigenvalue weighted by atomic mass is 10.1. The van der Waals surface area contributed by atoms with E-state index in [0.29, 0.717) is 12.1 Å². The van der Waals surface area contributed by atoms with Crippen molar-refractivity contribution in [2.24, 2.45) is 0 Å². The van der Waals surface area contributed by atoms with E-state index in [2.05, 4.69) is 15.6 Å². The minimum atomic E-state index is -0.244. The second-order valence-electron chi connectivity index (χ2n) is 4.88. The normalized spacial score (nSPS) is 10.3. The Morgan fingerprint density at radius 3 is 2.57 bits per heavy atom. The maximum Gasteiger partial charge on any atom is 0.251 e. The standard InChI is InChI=1S/C16H19N3O2S2/c1-3-17-14(20)8-18-15(21)13-6-4-12(5-7-13)10-23-16-19-11(2)9-22-16/h4-7,9H,3,8,10H2,1-2H3,(H,17,20)(H,18,21). The van der Waals surface area contributed by atoms with Gasteiger partial charge in [0.25, 0.3) is 5.91 Å². The van der Waals surface area contributed by atoms with Crippen molar-refractivity contribution in [3.8, 4) is 0 Å². The van der Waals surface area contributed by atoms with Gasteiger partial charge in [-0.05, 0) is 31.5 Å². The molecule has 2 aromatic rings. The Bertz CT molecular complexity index is 668. The number of carbonyl (C=O) groups excluding carboxylic acids is 2. The van der Waals surface area contributed by atoms with Gasteiger partial charge in [-0.1, -0.05) is 23.9 Å². The van der Waals surface area contributed by atoms with Crippen molar-refractivity contribution >= 4 is 34.9 Å². The molecule has 5 nitrogen and oxygen atoms in total. The fourth-order valence-electron chi connectivity index (χ4n) is 1.82. The van der Waals surface area contributed by atoms with Crippen LogP contribution in [0.3, 0.4) is 0 Å². The summed E-state index contributed by atoms with van der Waals surface area (Å²) in [6, 6.07) is 7.40. The Hall–Kier alpha value is -1.86. The highest BCUT2D eigenvalue weighted by atomic mass is 32.2. The van der Waals surface area contributed by atoms with E-state index in [-0.39, 0.29) is 18.4 Å². The number of thiazole rings is 1. The fourth-order valence-corrected chi connectivity index (χ4v) is 3.62. The Balaban J connectivity index is 1.83. The lowest BCUT2D eigenvalue weighted by Gasteiger charge is -2.06. The van der Waals surface area contributed by atoms with Crippen LogP contribution in [0.5, 0.6) is 0 Å². The molecule has 2 amide bonds. The van der Waals surface area contributed by atoms with Crippen molar-refractivity contribution in [1.29, 1.82) is 0 Å². The molecule has 0 fully saturated rings. The highest BCUT2D eigenvalue weighted by Gasteiger charge is 2.08. The third-order valence-corrected chi connectivity index (χ3v) is 5.17. The van der Waals surface area contributed by atoms with E-state index >= 15 is 0 Å². The smallest absolute Gasteiger partial charge is 0.251 e. The molecule has 0 spiro atoms. The molecule has 0 bridgehead atoms. The summed E-state index contributed by atoms with van der Waals surface area (Å²) in [5.41, 5.74) is 2.72. The predicted octanol–water partition coefficient (Wildman–Crippen LogP) is 2.61. The Labute approximate surface area is 143 Å². The molecule has 0 aliphatic carbocycles. The van der Waals surface area contributed by atoms with Gasteiger partial charge in [0.1, 0.15) is 4.34 Å². The first-order chi connectivity index (χ1) is 11.1. The van der Waals surface area contributed by atoms with Gasteiger partial charge in [-0.2, -0.15) is 0 Å². The van der Waals surface area contributed by atoms with Crippen LogP contribution >= 0.6 is 23.1 Å². The highest BCUT2D eigenvalue weighted by Crippen LogP contribution is 2.25. The average Bonchev–Trinajstić information content (AvgIpc) is 2.97. The zero-order valence-corrected chi connectivity index (χ0v) is 14.7. The van der Waals surface area contributed by atoms with Gasteiger partial charge in [-0.25, -0.2) is 4.98 Å². The minimum Gasteiger partial charge on any atom is -0.355 e. The van der Waals surface area contributed by atoms with Crippen LogP contribution in [-0.2, 0) is 10.5 Å². The summed E-state index contributed by atoms with van der Waals surface area (Å²) in [6.07, 6.45) is 0. The molecule has 2 N–H and O–H groups in total. The molecule has 0 aliphatic rings. The quantitative estimate of drug-likeness (QED) is 0.754. The molecule has 0 radical (unpaired) electrons. The first kappa shape index (κ1) is 17.5. The molecule has 7 heteroatoms. The number of rotatable bonds is 7. The van der Waals surface area contributed by atoms with E-state index in [0.717, 1.165) is 21.3 Å². The van der Waals surface area contributed by atoms with Gasteiger partial charge in [-0.15, -0.1) is 11.3 Å². The number of nitrogens with one attached hydrogen (secondary N) is 2. The van der Waals surface area contributed by atoms with Gasteiger partial charge in [0.2, 0.25) is 5.91 Å². The number of hydrogen-bond acceptors (Lipinski definition) is 5. The van der Waals surface area contributed by atoms with Crippen LogP contribution in [-0.4, -0.2) is 29.9 Å². The number of likely N-dealkylation sites (N-methyl/N-ethyl adjacent to an activating group) is 1. The predicted molar refractivity (Wildman–Crippen MR) is 93.9 cm³/mol. The van der Waals surface area contributed by atoms with Crippen LogP contribution in [0, 0.1) is 6.92 Å². The van der Waals surface area contributed by atoms with Crippen LogP contribution in [0.2, 0.25) is 0 Å². The average molecular weight is 349 g/mol. The summed E-state index contributed by atoms with van der Waals surface area (Å²) in [5.74, 6) is 0.381. The Morgan fingerprint density at radius 1 is 1.22 bits per heavy atom. The molecule has 1 aromatic carbocycles. The monoisotopic (exact) mass is 349 g/mol. The molecule has 23 heavy (non-hydrogen) atoms. The van der Waals surface area contributed by atoms with Gasteiger partial charge in [0.05, 0.1) is 6.54 Å². The number of carbonyl (C=O) groups is 2. The number of hydrogen-bond donors (Lipinski definition) is 2. The first-order valence-electron chi connectivity index (χ1n) is 7.27. The number of amides is 2. The van der Waals surface area contributed by atoms with Crippen molar-refractivity contribution in [1.82, 2.24) is 15.6 Å². The summed E-state index contributed by atoms with van der Waals surface area (Å²) in [4.78, 5) is 27.7. The molecule has 122 valence electrons. The lowest BCUT2D eigenvalue weighted by Crippen LogP contribution is -2.36. The summed E-state index contributed by atoms with van der Waals surface area (Å²) >= 11 is 3.32. The van der Waals surface area contributed by atoms with Gasteiger partial charge in [0.15, 0.2) is 0 Å². The molecule has 1 heterocycles. The maximum absolute atomic E-state index is 11.9. The molecule has 2 rings (SSSR count). The zero-order valence-electron chi connectivity index (χ0n) is 13.1. The van der Waals surface area contributed by atoms with E-state index < -0.39 is 0 Å². The molecule has 0 atom stereocenters. The second kappa shape index (κ2) is 8.69. The first-order valence-corrected chi connectivity index (χ1v) is 9.13. The van der Waals surface area contributed by atoms with Crippen LogP contribution in [0.1, 0.15) is 28.5 Å². The maximum atomic E-state index is 11.9. The van der Waals surface area contributed by atoms with E-state index in [1.54, 1.807) is 35.2 Å². The van der Waals surface area contributed by atoms with Crippen molar-refractivity contribution in [2.45, 2.75) is 23.9 Å². The molecular weight excluding hydrogens is 330 g/mol. The van der Waals surface area contributed by atoms with Gasteiger partial charge in [0, 0.05) is 28.9 Å². The van der Waals surface area contributed by atoms with Crippen LogP contribution in [0.25, 0.3) is 0 Å². The molecule has 0 unspecified atom stereocenters. The second-order valence-corrected chi connectivity index (χ2v) is 6.96. The molecule has 0 aliphatic heterocycles. The largest absolute Gasteiger partial charge is 0.355 e. The van der Waals surface area contributed by atoms with Crippen LogP contribution in [0.4, 0.5) is 0 Å². The van der Waals surface area contributed by atoms with Crippen LogP contribution < -0.4 is 10.6 Å². The molecule has 1 aromatic heterocycles. The van der Waals surface area contributed by atoms with Crippen molar-refractivity contribution in [3.63, 3.8) is 0 Å². The topological polar surface area (TPSA) is 71.1 Å². The van der Waals surface area contributed by atoms with E-state index in [1.165, 1.54) is 0 Å². The molecular formula is C16H19N3O2S2. The summed E-state index contributed by atoms with van der Waals surface area (Å²) in [6.45, 7) is 4.37. The third-order valence-electron chi connectivity index (χ3n) is 2.96. The number of aromatic nitrogens is 1. The van der Waals surface area contributed by atoms with Gasteiger partial charge in [-0.3, -0.25) is 9.59 Å². The lowest BCUT2D eigenvalue weighted by molar-refractivity contribution is -0.120. The minimum absolute atomic E-state index is 0.00627. The molecule has 0 saturated carbocycles. The van der Waals surface area contributed by atoms with E-state index in [9.17, 15) is 9.59 Å². The molecule has 0 saturated heterocycles. The summed E-state index contributed by atoms with van der Waals surface area (Å²) < 4.78 is 1.05.